The lowest BCUT2D eigenvalue weighted by Gasteiger charge is -2.17. The van der Waals surface area contributed by atoms with Crippen LogP contribution in [-0.4, -0.2) is 25.5 Å². The van der Waals surface area contributed by atoms with E-state index in [9.17, 15) is 9.59 Å². The number of aryl methyl sites for hydroxylation is 2. The molecule has 3 aromatic rings. The Hall–Kier alpha value is -3.28. The van der Waals surface area contributed by atoms with E-state index in [1.165, 1.54) is 38.5 Å². The van der Waals surface area contributed by atoms with E-state index in [4.69, 9.17) is 18.9 Å². The van der Waals surface area contributed by atoms with Crippen LogP contribution in [0.2, 0.25) is 0 Å². The Morgan fingerprint density at radius 1 is 0.500 bits per heavy atom. The van der Waals surface area contributed by atoms with Crippen molar-refractivity contribution < 1.29 is 28.5 Å². The normalized spacial score (nSPS) is 11.1. The Morgan fingerprint density at radius 2 is 0.881 bits per heavy atom. The summed E-state index contributed by atoms with van der Waals surface area (Å²) in [5.74, 6) is 0.831. The van der Waals surface area contributed by atoms with Crippen LogP contribution in [0, 0.1) is 0 Å². The number of hydrogen-bond donors (Lipinski definition) is 0. The molecule has 0 atom stereocenters. The van der Waals surface area contributed by atoms with Crippen molar-refractivity contribution in [2.24, 2.45) is 0 Å². The fourth-order valence-corrected chi connectivity index (χ4v) is 5.21. The topological polar surface area (TPSA) is 71.1 Å². The van der Waals surface area contributed by atoms with E-state index < -0.39 is 12.3 Å². The number of fused-ring (bicyclic) bond motifs is 2. The van der Waals surface area contributed by atoms with E-state index in [1.807, 2.05) is 36.4 Å². The van der Waals surface area contributed by atoms with Crippen molar-refractivity contribution in [3.8, 4) is 11.5 Å². The van der Waals surface area contributed by atoms with Gasteiger partial charge in [-0.05, 0) is 48.9 Å². The Balaban J connectivity index is 1.85. The van der Waals surface area contributed by atoms with Gasteiger partial charge >= 0.3 is 12.3 Å². The molecular formula is C36H50O6. The van der Waals surface area contributed by atoms with E-state index in [0.717, 1.165) is 62.5 Å². The highest BCUT2D eigenvalue weighted by Crippen LogP contribution is 2.44. The molecule has 0 heterocycles. The van der Waals surface area contributed by atoms with E-state index >= 15 is 0 Å². The molecule has 6 nitrogen and oxygen atoms in total. The van der Waals surface area contributed by atoms with Crippen LogP contribution >= 0.6 is 0 Å². The van der Waals surface area contributed by atoms with Crippen LogP contribution in [0.25, 0.3) is 21.5 Å². The van der Waals surface area contributed by atoms with Gasteiger partial charge in [0.15, 0.2) is 0 Å². The molecule has 0 radical (unpaired) electrons. The van der Waals surface area contributed by atoms with Gasteiger partial charge in [-0.3, -0.25) is 0 Å². The first-order valence-corrected chi connectivity index (χ1v) is 16.2. The smallest absolute Gasteiger partial charge is 0.434 e. The molecule has 0 bridgehead atoms. The molecular weight excluding hydrogens is 528 g/mol. The molecule has 230 valence electrons. The third kappa shape index (κ3) is 9.92. The molecule has 0 aliphatic carbocycles. The highest BCUT2D eigenvalue weighted by Gasteiger charge is 2.22. The average molecular weight is 579 g/mol. The van der Waals surface area contributed by atoms with Crippen molar-refractivity contribution in [3.63, 3.8) is 0 Å². The zero-order chi connectivity index (χ0) is 30.2. The molecule has 42 heavy (non-hydrogen) atoms. The Bertz CT molecular complexity index is 1220. The van der Waals surface area contributed by atoms with Crippen molar-refractivity contribution in [1.82, 2.24) is 0 Å². The van der Waals surface area contributed by atoms with Crippen LogP contribution < -0.4 is 9.47 Å². The number of carbonyl (C=O) groups excluding carboxylic acids is 2. The number of benzene rings is 3. The lowest BCUT2D eigenvalue weighted by Crippen LogP contribution is -2.14. The second kappa shape index (κ2) is 18.3. The molecule has 0 aliphatic rings. The van der Waals surface area contributed by atoms with Crippen molar-refractivity contribution >= 4 is 33.9 Å². The van der Waals surface area contributed by atoms with Crippen molar-refractivity contribution in [1.29, 1.82) is 0 Å². The fourth-order valence-electron chi connectivity index (χ4n) is 5.21. The van der Waals surface area contributed by atoms with Gasteiger partial charge in [-0.1, -0.05) is 116 Å². The molecule has 0 saturated heterocycles. The quantitative estimate of drug-likeness (QED) is 0.0647. The lowest BCUT2D eigenvalue weighted by atomic mass is 9.96. The summed E-state index contributed by atoms with van der Waals surface area (Å²) in [7, 11) is 0. The van der Waals surface area contributed by atoms with Crippen LogP contribution in [0.3, 0.4) is 0 Å². The first-order chi connectivity index (χ1) is 20.5. The minimum Gasteiger partial charge on any atom is -0.434 e. The number of hydrogen-bond acceptors (Lipinski definition) is 6. The van der Waals surface area contributed by atoms with Gasteiger partial charge in [-0.2, -0.15) is 0 Å². The number of carbonyl (C=O) groups is 2. The van der Waals surface area contributed by atoms with Crippen LogP contribution in [-0.2, 0) is 22.3 Å². The summed E-state index contributed by atoms with van der Waals surface area (Å²) in [5.41, 5.74) is 2.16. The second-order valence-corrected chi connectivity index (χ2v) is 11.1. The summed E-state index contributed by atoms with van der Waals surface area (Å²) < 4.78 is 22.7. The number of unbranched alkanes of at least 4 members (excludes halogenated alkanes) is 10. The van der Waals surface area contributed by atoms with E-state index in [0.29, 0.717) is 46.3 Å². The van der Waals surface area contributed by atoms with E-state index in [1.54, 1.807) is 0 Å². The summed E-state index contributed by atoms with van der Waals surface area (Å²) in [6, 6.07) is 11.8. The average Bonchev–Trinajstić information content (AvgIpc) is 3.01. The van der Waals surface area contributed by atoms with Gasteiger partial charge in [-0.15, -0.1) is 0 Å². The third-order valence-corrected chi connectivity index (χ3v) is 7.77. The van der Waals surface area contributed by atoms with Crippen molar-refractivity contribution in [2.45, 2.75) is 118 Å². The molecule has 0 aliphatic heterocycles. The SMILES string of the molecule is CCCCCCCCOC(=O)Oc1c2ccc(CC)cc2c(OC(=O)OCCCCCCCC)c2cc(CC)ccc12. The van der Waals surface area contributed by atoms with Crippen LogP contribution in [0.4, 0.5) is 9.59 Å². The maximum atomic E-state index is 12.9. The van der Waals surface area contributed by atoms with Gasteiger partial charge < -0.3 is 18.9 Å². The lowest BCUT2D eigenvalue weighted by molar-refractivity contribution is 0.0965. The Kier molecular flexibility index (Phi) is 14.5. The molecule has 0 aromatic heterocycles. The third-order valence-electron chi connectivity index (χ3n) is 7.77. The molecule has 0 saturated carbocycles. The highest BCUT2D eigenvalue weighted by atomic mass is 16.7. The summed E-state index contributed by atoms with van der Waals surface area (Å²) >= 11 is 0. The predicted octanol–water partition coefficient (Wildman–Crippen LogP) is 10.9. The van der Waals surface area contributed by atoms with Gasteiger partial charge in [0.2, 0.25) is 0 Å². The molecule has 0 N–H and O–H groups in total. The Morgan fingerprint density at radius 3 is 1.29 bits per heavy atom. The highest BCUT2D eigenvalue weighted by molar-refractivity contribution is 6.12. The van der Waals surface area contributed by atoms with Crippen LogP contribution in [0.1, 0.15) is 116 Å². The summed E-state index contributed by atoms with van der Waals surface area (Å²) in [4.78, 5) is 25.7. The number of rotatable bonds is 18. The van der Waals surface area contributed by atoms with Crippen LogP contribution in [0.5, 0.6) is 11.5 Å². The zero-order valence-electron chi connectivity index (χ0n) is 26.2. The first-order valence-electron chi connectivity index (χ1n) is 16.2. The second-order valence-electron chi connectivity index (χ2n) is 11.1. The Labute approximate surface area is 252 Å². The van der Waals surface area contributed by atoms with Gasteiger partial charge in [0.05, 0.1) is 13.2 Å². The maximum Gasteiger partial charge on any atom is 0.513 e. The summed E-state index contributed by atoms with van der Waals surface area (Å²) in [5, 5.41) is 2.76. The van der Waals surface area contributed by atoms with Crippen molar-refractivity contribution in [2.75, 3.05) is 13.2 Å². The van der Waals surface area contributed by atoms with Gasteiger partial charge in [0, 0.05) is 21.5 Å². The van der Waals surface area contributed by atoms with Gasteiger partial charge in [-0.25, -0.2) is 9.59 Å². The largest absolute Gasteiger partial charge is 0.513 e. The minimum atomic E-state index is -0.725. The first kappa shape index (κ1) is 33.2. The monoisotopic (exact) mass is 578 g/mol. The fraction of sp³-hybridized carbons (Fsp3) is 0.556. The molecule has 0 unspecified atom stereocenters. The van der Waals surface area contributed by atoms with Crippen LogP contribution in [0.15, 0.2) is 36.4 Å². The molecule has 6 heteroatoms. The maximum absolute atomic E-state index is 12.9. The molecule has 3 aromatic carbocycles. The van der Waals surface area contributed by atoms with E-state index in [2.05, 4.69) is 27.7 Å². The molecule has 0 amide bonds. The van der Waals surface area contributed by atoms with Crippen molar-refractivity contribution in [3.05, 3.63) is 47.5 Å². The number of ether oxygens (including phenoxy) is 4. The molecule has 0 fully saturated rings. The summed E-state index contributed by atoms with van der Waals surface area (Å²) in [6.07, 6.45) is 13.4. The van der Waals surface area contributed by atoms with Gasteiger partial charge in [0.25, 0.3) is 0 Å². The zero-order valence-corrected chi connectivity index (χ0v) is 26.2. The minimum absolute atomic E-state index is 0.326. The van der Waals surface area contributed by atoms with Gasteiger partial charge in [0.1, 0.15) is 11.5 Å². The molecule has 3 rings (SSSR count). The summed E-state index contributed by atoms with van der Waals surface area (Å²) in [6.45, 7) is 9.19. The predicted molar refractivity (Wildman–Crippen MR) is 171 cm³/mol. The molecule has 0 spiro atoms. The standard InChI is InChI=1S/C36H50O6/c1-5-9-11-13-15-17-23-39-35(37)41-33-29-21-19-27(7-3)25-31(29)34(32-26-28(8-4)20-22-30(32)33)42-36(38)40-24-18-16-14-12-10-6-2/h19-22,25-26H,5-18,23-24H2,1-4H3. The van der Waals surface area contributed by atoms with E-state index in [-0.39, 0.29) is 0 Å².